The number of rotatable bonds is 3. The van der Waals surface area contributed by atoms with Crippen molar-refractivity contribution in [3.63, 3.8) is 0 Å². The van der Waals surface area contributed by atoms with Crippen LogP contribution in [0.4, 0.5) is 0 Å². The van der Waals surface area contributed by atoms with Crippen LogP contribution in [0.3, 0.4) is 0 Å². The summed E-state index contributed by atoms with van der Waals surface area (Å²) in [5, 5.41) is 0. The van der Waals surface area contributed by atoms with Crippen molar-refractivity contribution < 1.29 is 4.48 Å². The second-order valence-electron chi connectivity index (χ2n) is 3.21. The summed E-state index contributed by atoms with van der Waals surface area (Å²) in [6.07, 6.45) is 10.2. The molecule has 1 unspecified atom stereocenters. The van der Waals surface area contributed by atoms with Crippen molar-refractivity contribution in [2.24, 2.45) is 0 Å². The van der Waals surface area contributed by atoms with Gasteiger partial charge in [-0.05, 0) is 25.5 Å². The standard InChI is InChI=1S/C10H18N/c1-3-8-11(4-2)9-6-5-7-10-11/h5-7,9H,3-4,8,10H2,1-2H3/q+1. The Morgan fingerprint density at radius 2 is 2.09 bits per heavy atom. The van der Waals surface area contributed by atoms with Gasteiger partial charge in [0.05, 0.1) is 19.3 Å². The molecule has 0 amide bonds. The maximum absolute atomic E-state index is 2.32. The van der Waals surface area contributed by atoms with E-state index in [1.807, 2.05) is 0 Å². The van der Waals surface area contributed by atoms with Crippen LogP contribution in [0, 0.1) is 0 Å². The second-order valence-corrected chi connectivity index (χ2v) is 3.21. The summed E-state index contributed by atoms with van der Waals surface area (Å²) in [6, 6.07) is 0. The van der Waals surface area contributed by atoms with Gasteiger partial charge in [-0.2, -0.15) is 0 Å². The summed E-state index contributed by atoms with van der Waals surface area (Å²) < 4.78 is 1.15. The minimum absolute atomic E-state index is 1.15. The third kappa shape index (κ3) is 1.93. The fourth-order valence-electron chi connectivity index (χ4n) is 1.65. The monoisotopic (exact) mass is 152 g/mol. The summed E-state index contributed by atoms with van der Waals surface area (Å²) in [5.74, 6) is 0. The normalized spacial score (nSPS) is 29.3. The first-order chi connectivity index (χ1) is 5.33. The van der Waals surface area contributed by atoms with Crippen LogP contribution in [0.2, 0.25) is 0 Å². The molecule has 0 fully saturated rings. The molecule has 1 aliphatic heterocycles. The van der Waals surface area contributed by atoms with E-state index in [1.165, 1.54) is 26.1 Å². The molecule has 1 aliphatic rings. The van der Waals surface area contributed by atoms with Gasteiger partial charge < -0.3 is 0 Å². The topological polar surface area (TPSA) is 0 Å². The van der Waals surface area contributed by atoms with Gasteiger partial charge in [-0.3, -0.25) is 4.48 Å². The number of quaternary nitrogens is 1. The van der Waals surface area contributed by atoms with E-state index in [2.05, 4.69) is 38.3 Å². The highest BCUT2D eigenvalue weighted by Gasteiger charge is 2.20. The fourth-order valence-corrected chi connectivity index (χ4v) is 1.65. The van der Waals surface area contributed by atoms with E-state index in [0.717, 1.165) is 4.48 Å². The van der Waals surface area contributed by atoms with E-state index in [0.29, 0.717) is 0 Å². The van der Waals surface area contributed by atoms with Gasteiger partial charge in [-0.15, -0.1) is 0 Å². The van der Waals surface area contributed by atoms with Crippen LogP contribution in [0.15, 0.2) is 24.4 Å². The number of nitrogens with zero attached hydrogens (tertiary/aromatic N) is 1. The predicted octanol–water partition coefficient (Wildman–Crippen LogP) is 2.32. The highest BCUT2D eigenvalue weighted by molar-refractivity contribution is 5.03. The molecule has 0 aromatic carbocycles. The maximum Gasteiger partial charge on any atom is 0.102 e. The molecule has 0 bridgehead atoms. The summed E-state index contributed by atoms with van der Waals surface area (Å²) in [6.45, 7) is 8.19. The molecule has 0 spiro atoms. The van der Waals surface area contributed by atoms with E-state index in [1.54, 1.807) is 0 Å². The number of allylic oxidation sites excluding steroid dienone is 2. The zero-order valence-corrected chi connectivity index (χ0v) is 7.59. The zero-order chi connectivity index (χ0) is 8.16. The molecule has 1 rings (SSSR count). The Balaban J connectivity index is 2.60. The SMILES string of the molecule is CCC[N+]1(CC)C=CC=CC1. The predicted molar refractivity (Wildman–Crippen MR) is 49.1 cm³/mol. The van der Waals surface area contributed by atoms with Gasteiger partial charge in [0.1, 0.15) is 6.54 Å². The van der Waals surface area contributed by atoms with Crippen molar-refractivity contribution in [2.45, 2.75) is 20.3 Å². The molecular weight excluding hydrogens is 134 g/mol. The molecule has 0 aromatic rings. The number of hydrogen-bond acceptors (Lipinski definition) is 0. The smallest absolute Gasteiger partial charge is 0.102 e. The van der Waals surface area contributed by atoms with E-state index in [-0.39, 0.29) is 0 Å². The summed E-state index contributed by atoms with van der Waals surface area (Å²) in [5.41, 5.74) is 0. The van der Waals surface area contributed by atoms with Crippen LogP contribution in [-0.4, -0.2) is 24.1 Å². The highest BCUT2D eigenvalue weighted by atomic mass is 15.3. The maximum atomic E-state index is 2.32. The first-order valence-corrected chi connectivity index (χ1v) is 4.53. The van der Waals surface area contributed by atoms with Crippen LogP contribution >= 0.6 is 0 Å². The molecule has 0 saturated heterocycles. The Morgan fingerprint density at radius 1 is 1.27 bits per heavy atom. The van der Waals surface area contributed by atoms with Crippen molar-refractivity contribution in [1.82, 2.24) is 0 Å². The Morgan fingerprint density at radius 3 is 2.55 bits per heavy atom. The van der Waals surface area contributed by atoms with Crippen molar-refractivity contribution in [3.8, 4) is 0 Å². The lowest BCUT2D eigenvalue weighted by molar-refractivity contribution is -0.872. The Labute approximate surface area is 69.6 Å². The summed E-state index contributed by atoms with van der Waals surface area (Å²) >= 11 is 0. The average molecular weight is 152 g/mol. The molecule has 1 atom stereocenters. The lowest BCUT2D eigenvalue weighted by Gasteiger charge is -2.33. The third-order valence-electron chi connectivity index (χ3n) is 2.42. The zero-order valence-electron chi connectivity index (χ0n) is 7.59. The lowest BCUT2D eigenvalue weighted by atomic mass is 10.2. The Kier molecular flexibility index (Phi) is 2.89. The minimum Gasteiger partial charge on any atom is -0.294 e. The first-order valence-electron chi connectivity index (χ1n) is 4.53. The number of hydrogen-bond donors (Lipinski definition) is 0. The van der Waals surface area contributed by atoms with Gasteiger partial charge in [-0.25, -0.2) is 0 Å². The van der Waals surface area contributed by atoms with Crippen LogP contribution in [0.5, 0.6) is 0 Å². The quantitative estimate of drug-likeness (QED) is 0.544. The van der Waals surface area contributed by atoms with Gasteiger partial charge in [0.25, 0.3) is 0 Å². The van der Waals surface area contributed by atoms with Crippen LogP contribution in [-0.2, 0) is 0 Å². The van der Waals surface area contributed by atoms with Crippen molar-refractivity contribution in [2.75, 3.05) is 19.6 Å². The van der Waals surface area contributed by atoms with Gasteiger partial charge in [0, 0.05) is 0 Å². The summed E-state index contributed by atoms with van der Waals surface area (Å²) in [4.78, 5) is 0. The molecule has 0 N–H and O–H groups in total. The molecule has 0 radical (unpaired) electrons. The van der Waals surface area contributed by atoms with Gasteiger partial charge in [-0.1, -0.05) is 13.0 Å². The minimum atomic E-state index is 1.15. The van der Waals surface area contributed by atoms with Crippen molar-refractivity contribution >= 4 is 0 Å². The molecular formula is C10H18N+. The van der Waals surface area contributed by atoms with Gasteiger partial charge in [0.15, 0.2) is 0 Å². The molecule has 1 nitrogen and oxygen atoms in total. The van der Waals surface area contributed by atoms with E-state index in [9.17, 15) is 0 Å². The molecule has 1 heterocycles. The molecule has 62 valence electrons. The molecule has 0 aliphatic carbocycles. The highest BCUT2D eigenvalue weighted by Crippen LogP contribution is 2.12. The molecule has 0 saturated carbocycles. The van der Waals surface area contributed by atoms with E-state index in [4.69, 9.17) is 0 Å². The van der Waals surface area contributed by atoms with Crippen LogP contribution < -0.4 is 0 Å². The fraction of sp³-hybridized carbons (Fsp3) is 0.600. The van der Waals surface area contributed by atoms with Crippen LogP contribution in [0.25, 0.3) is 0 Å². The Bertz CT molecular complexity index is 170. The van der Waals surface area contributed by atoms with Crippen molar-refractivity contribution in [3.05, 3.63) is 24.4 Å². The number of likely N-dealkylation sites (N-methyl/N-ethyl adjacent to an activating group) is 1. The summed E-state index contributed by atoms with van der Waals surface area (Å²) in [7, 11) is 0. The van der Waals surface area contributed by atoms with Crippen molar-refractivity contribution in [1.29, 1.82) is 0 Å². The molecule has 0 aromatic heterocycles. The largest absolute Gasteiger partial charge is 0.294 e. The molecule has 1 heteroatoms. The third-order valence-corrected chi connectivity index (χ3v) is 2.42. The lowest BCUT2D eigenvalue weighted by Crippen LogP contribution is -2.44. The molecule has 11 heavy (non-hydrogen) atoms. The van der Waals surface area contributed by atoms with E-state index >= 15 is 0 Å². The van der Waals surface area contributed by atoms with E-state index < -0.39 is 0 Å². The average Bonchev–Trinajstić information content (AvgIpc) is 2.07. The Hall–Kier alpha value is -0.560. The van der Waals surface area contributed by atoms with Crippen LogP contribution in [0.1, 0.15) is 20.3 Å². The first kappa shape index (κ1) is 8.54. The van der Waals surface area contributed by atoms with Gasteiger partial charge in [0.2, 0.25) is 0 Å². The second kappa shape index (κ2) is 3.72. The van der Waals surface area contributed by atoms with Gasteiger partial charge >= 0.3 is 0 Å².